The Bertz CT molecular complexity index is 1140. The highest BCUT2D eigenvalue weighted by Crippen LogP contribution is 2.33. The van der Waals surface area contributed by atoms with E-state index in [9.17, 15) is 9.59 Å². The van der Waals surface area contributed by atoms with Crippen molar-refractivity contribution in [2.75, 3.05) is 5.32 Å². The fourth-order valence-electron chi connectivity index (χ4n) is 4.56. The number of aryl methyl sites for hydroxylation is 1. The molecule has 5 rings (SSSR count). The normalized spacial score (nSPS) is 21.2. The van der Waals surface area contributed by atoms with Gasteiger partial charge in [-0.1, -0.05) is 18.0 Å². The molecule has 154 valence electrons. The number of anilines is 1. The van der Waals surface area contributed by atoms with Crippen LogP contribution < -0.4 is 10.6 Å². The van der Waals surface area contributed by atoms with Gasteiger partial charge in [0.1, 0.15) is 5.82 Å². The second kappa shape index (κ2) is 7.76. The summed E-state index contributed by atoms with van der Waals surface area (Å²) in [6.07, 6.45) is 5.06. The molecule has 30 heavy (non-hydrogen) atoms. The molecule has 1 aromatic heterocycles. The molecule has 1 aliphatic heterocycles. The fourth-order valence-corrected chi connectivity index (χ4v) is 4.73. The largest absolute Gasteiger partial charge is 0.349 e. The lowest BCUT2D eigenvalue weighted by molar-refractivity contribution is -0.116. The zero-order valence-corrected chi connectivity index (χ0v) is 17.3. The number of halogens is 1. The Balaban J connectivity index is 1.28. The minimum Gasteiger partial charge on any atom is -0.349 e. The minimum absolute atomic E-state index is 0.0285. The van der Waals surface area contributed by atoms with Crippen molar-refractivity contribution < 1.29 is 9.59 Å². The molecule has 7 heteroatoms. The number of carbonyl (C=O) groups excluding carboxylic acids is 2. The molecule has 2 aromatic carbocycles. The number of rotatable bonds is 3. The third-order valence-electron chi connectivity index (χ3n) is 6.12. The van der Waals surface area contributed by atoms with Gasteiger partial charge in [-0.25, -0.2) is 4.98 Å². The van der Waals surface area contributed by atoms with Crippen LogP contribution in [0.5, 0.6) is 0 Å². The van der Waals surface area contributed by atoms with Crippen LogP contribution in [0.15, 0.2) is 36.4 Å². The van der Waals surface area contributed by atoms with E-state index < -0.39 is 0 Å². The molecule has 1 saturated carbocycles. The molecule has 2 heterocycles. The molecular weight excluding hydrogens is 400 g/mol. The molecule has 0 bridgehead atoms. The maximum Gasteiger partial charge on any atom is 0.251 e. The van der Waals surface area contributed by atoms with E-state index >= 15 is 0 Å². The second-order valence-electron chi connectivity index (χ2n) is 8.24. The number of imidazole rings is 1. The highest BCUT2D eigenvalue weighted by Gasteiger charge is 2.27. The molecular formula is C23H23ClN4O2. The number of nitrogens with zero attached hydrogens (tertiary/aromatic N) is 1. The predicted octanol–water partition coefficient (Wildman–Crippen LogP) is 4.56. The first kappa shape index (κ1) is 19.1. The van der Waals surface area contributed by atoms with E-state index in [4.69, 9.17) is 16.6 Å². The van der Waals surface area contributed by atoms with Crippen LogP contribution in [-0.4, -0.2) is 27.8 Å². The number of fused-ring (bicyclic) bond motifs is 2. The molecule has 0 radical (unpaired) electrons. The Morgan fingerprint density at radius 3 is 2.93 bits per heavy atom. The summed E-state index contributed by atoms with van der Waals surface area (Å²) in [5, 5.41) is 6.75. The average molecular weight is 423 g/mol. The van der Waals surface area contributed by atoms with Gasteiger partial charge in [-0.05, 0) is 67.6 Å². The summed E-state index contributed by atoms with van der Waals surface area (Å²) < 4.78 is 0. The third-order valence-corrected chi connectivity index (χ3v) is 6.36. The van der Waals surface area contributed by atoms with Gasteiger partial charge >= 0.3 is 0 Å². The number of nitrogens with one attached hydrogen (secondary N) is 3. The Morgan fingerprint density at radius 2 is 2.03 bits per heavy atom. The van der Waals surface area contributed by atoms with E-state index in [1.807, 2.05) is 30.3 Å². The van der Waals surface area contributed by atoms with Crippen molar-refractivity contribution in [1.29, 1.82) is 0 Å². The molecule has 0 spiro atoms. The van der Waals surface area contributed by atoms with Crippen LogP contribution in [0.4, 0.5) is 5.69 Å². The first-order chi connectivity index (χ1) is 14.5. The molecule has 2 atom stereocenters. The van der Waals surface area contributed by atoms with Crippen molar-refractivity contribution in [2.45, 2.75) is 50.5 Å². The van der Waals surface area contributed by atoms with Crippen LogP contribution in [0.2, 0.25) is 5.02 Å². The number of hydrogen-bond acceptors (Lipinski definition) is 3. The van der Waals surface area contributed by atoms with Gasteiger partial charge < -0.3 is 15.6 Å². The lowest BCUT2D eigenvalue weighted by atomic mass is 9.85. The Hall–Kier alpha value is -2.86. The topological polar surface area (TPSA) is 86.9 Å². The van der Waals surface area contributed by atoms with Gasteiger partial charge in [0.05, 0.1) is 11.0 Å². The van der Waals surface area contributed by atoms with Crippen molar-refractivity contribution >= 4 is 40.1 Å². The molecule has 3 N–H and O–H groups in total. The number of H-pyrrole nitrogens is 1. The van der Waals surface area contributed by atoms with Crippen molar-refractivity contribution in [3.05, 3.63) is 58.4 Å². The van der Waals surface area contributed by atoms with Crippen molar-refractivity contribution in [3.8, 4) is 0 Å². The first-order valence-corrected chi connectivity index (χ1v) is 10.8. The number of aromatic nitrogens is 2. The summed E-state index contributed by atoms with van der Waals surface area (Å²) in [5.74, 6) is 1.22. The van der Waals surface area contributed by atoms with Gasteiger partial charge in [-0.3, -0.25) is 9.59 Å². The summed E-state index contributed by atoms with van der Waals surface area (Å²) >= 11 is 6.09. The highest BCUT2D eigenvalue weighted by molar-refractivity contribution is 6.31. The molecule has 0 saturated heterocycles. The second-order valence-corrected chi connectivity index (χ2v) is 8.67. The zero-order chi connectivity index (χ0) is 20.7. The summed E-state index contributed by atoms with van der Waals surface area (Å²) in [5.41, 5.74) is 4.34. The minimum atomic E-state index is -0.0586. The Kier molecular flexibility index (Phi) is 4.95. The zero-order valence-electron chi connectivity index (χ0n) is 16.5. The third kappa shape index (κ3) is 3.79. The van der Waals surface area contributed by atoms with Crippen LogP contribution in [0.3, 0.4) is 0 Å². The highest BCUT2D eigenvalue weighted by atomic mass is 35.5. The predicted molar refractivity (Wildman–Crippen MR) is 117 cm³/mol. The van der Waals surface area contributed by atoms with Gasteiger partial charge in [0.25, 0.3) is 5.91 Å². The van der Waals surface area contributed by atoms with Crippen LogP contribution in [0.1, 0.15) is 59.8 Å². The van der Waals surface area contributed by atoms with Crippen molar-refractivity contribution in [3.63, 3.8) is 0 Å². The summed E-state index contributed by atoms with van der Waals surface area (Å²) in [6, 6.07) is 11.3. The molecule has 2 unspecified atom stereocenters. The maximum atomic E-state index is 12.8. The van der Waals surface area contributed by atoms with Crippen molar-refractivity contribution in [1.82, 2.24) is 15.3 Å². The Morgan fingerprint density at radius 1 is 1.13 bits per heavy atom. The number of aromatic amines is 1. The van der Waals surface area contributed by atoms with Crippen LogP contribution in [0.25, 0.3) is 11.0 Å². The quantitative estimate of drug-likeness (QED) is 0.578. The van der Waals surface area contributed by atoms with Crippen LogP contribution >= 0.6 is 11.6 Å². The number of hydrogen-bond donors (Lipinski definition) is 3. The number of benzene rings is 2. The Labute approximate surface area is 179 Å². The monoisotopic (exact) mass is 422 g/mol. The first-order valence-electron chi connectivity index (χ1n) is 10.4. The van der Waals surface area contributed by atoms with E-state index in [1.54, 1.807) is 6.07 Å². The van der Waals surface area contributed by atoms with E-state index in [0.717, 1.165) is 53.8 Å². The molecule has 1 fully saturated rings. The fraction of sp³-hybridized carbons (Fsp3) is 0.348. The lowest BCUT2D eigenvalue weighted by Crippen LogP contribution is -2.38. The van der Waals surface area contributed by atoms with E-state index in [-0.39, 0.29) is 23.8 Å². The molecule has 1 aliphatic carbocycles. The summed E-state index contributed by atoms with van der Waals surface area (Å²) in [6.45, 7) is 0. The standard InChI is InChI=1S/C23H23ClN4O2/c24-16-6-8-19-20(12-16)28-22(27-19)14-2-1-3-17(11-14)25-23(30)15-4-7-18-13(10-15)5-9-21(29)26-18/h4,6-8,10,12,14,17H,1-3,5,9,11H2,(H,25,30)(H,26,29)(H,27,28). The average Bonchev–Trinajstić information content (AvgIpc) is 3.17. The lowest BCUT2D eigenvalue weighted by Gasteiger charge is -2.29. The smallest absolute Gasteiger partial charge is 0.251 e. The van der Waals surface area contributed by atoms with Gasteiger partial charge in [-0.2, -0.15) is 0 Å². The summed E-state index contributed by atoms with van der Waals surface area (Å²) in [4.78, 5) is 32.5. The molecule has 2 amide bonds. The summed E-state index contributed by atoms with van der Waals surface area (Å²) in [7, 11) is 0. The van der Waals surface area contributed by atoms with E-state index in [1.165, 1.54) is 0 Å². The molecule has 2 aliphatic rings. The molecule has 6 nitrogen and oxygen atoms in total. The number of carbonyl (C=O) groups is 2. The van der Waals surface area contributed by atoms with Gasteiger partial charge in [0.2, 0.25) is 5.91 Å². The van der Waals surface area contributed by atoms with Crippen LogP contribution in [0, 0.1) is 0 Å². The van der Waals surface area contributed by atoms with Crippen LogP contribution in [-0.2, 0) is 11.2 Å². The maximum absolute atomic E-state index is 12.8. The van der Waals surface area contributed by atoms with E-state index in [2.05, 4.69) is 15.6 Å². The van der Waals surface area contributed by atoms with Crippen molar-refractivity contribution in [2.24, 2.45) is 0 Å². The van der Waals surface area contributed by atoms with Gasteiger partial charge in [0.15, 0.2) is 0 Å². The molecule has 3 aromatic rings. The SMILES string of the molecule is O=C1CCc2cc(C(=O)NC3CCCC(c4nc5ccc(Cl)cc5[nH]4)C3)ccc2N1. The number of amides is 2. The van der Waals surface area contributed by atoms with E-state index in [0.29, 0.717) is 23.4 Å². The van der Waals surface area contributed by atoms with Gasteiger partial charge in [-0.15, -0.1) is 0 Å². The van der Waals surface area contributed by atoms with Gasteiger partial charge in [0, 0.05) is 34.7 Å².